The highest BCUT2D eigenvalue weighted by Gasteiger charge is 2.35. The van der Waals surface area contributed by atoms with Crippen molar-refractivity contribution in [2.75, 3.05) is 13.1 Å². The lowest BCUT2D eigenvalue weighted by molar-refractivity contribution is -0.131. The number of piperidine rings is 1. The molecular formula is C14H23Cl2N3O. The van der Waals surface area contributed by atoms with Gasteiger partial charge in [0, 0.05) is 18.9 Å². The first-order valence-electron chi connectivity index (χ1n) is 6.53. The van der Waals surface area contributed by atoms with Crippen LogP contribution in [0.3, 0.4) is 0 Å². The molecule has 2 N–H and O–H groups in total. The Balaban J connectivity index is 0.00000180. The fraction of sp³-hybridized carbons (Fsp3) is 0.571. The highest BCUT2D eigenvalue weighted by Crippen LogP contribution is 2.26. The molecular weight excluding hydrogens is 297 g/mol. The molecule has 2 rings (SSSR count). The van der Waals surface area contributed by atoms with Crippen LogP contribution in [0.4, 0.5) is 0 Å². The Bertz CT molecular complexity index is 408. The normalized spacial score (nSPS) is 22.9. The highest BCUT2D eigenvalue weighted by atomic mass is 35.5. The second-order valence-electron chi connectivity index (χ2n) is 5.32. The topological polar surface area (TPSA) is 54.0 Å². The first kappa shape index (κ1) is 19.2. The van der Waals surface area contributed by atoms with Gasteiger partial charge in [0.1, 0.15) is 0 Å². The summed E-state index contributed by atoms with van der Waals surface area (Å²) >= 11 is 0. The zero-order valence-corrected chi connectivity index (χ0v) is 13.5. The average Bonchev–Trinajstić information content (AvgIpc) is 2.40. The second-order valence-corrected chi connectivity index (χ2v) is 5.32. The van der Waals surface area contributed by atoms with Gasteiger partial charge in [-0.2, -0.15) is 0 Å². The number of carbonyl (C=O) groups excluding carboxylic acids is 1. The minimum Gasteiger partial charge on any atom is -0.349 e. The largest absolute Gasteiger partial charge is 0.349 e. The minimum absolute atomic E-state index is 0. The van der Waals surface area contributed by atoms with E-state index in [4.69, 9.17) is 0 Å². The molecule has 114 valence electrons. The average molecular weight is 320 g/mol. The van der Waals surface area contributed by atoms with Crippen LogP contribution in [0.2, 0.25) is 0 Å². The molecule has 1 aliphatic rings. The second kappa shape index (κ2) is 8.45. The molecule has 0 aliphatic carbocycles. The summed E-state index contributed by atoms with van der Waals surface area (Å²) in [4.78, 5) is 16.4. The highest BCUT2D eigenvalue weighted by molar-refractivity contribution is 5.85. The molecule has 0 bridgehead atoms. The van der Waals surface area contributed by atoms with Crippen molar-refractivity contribution in [1.82, 2.24) is 15.6 Å². The first-order valence-corrected chi connectivity index (χ1v) is 6.53. The third-order valence-electron chi connectivity index (χ3n) is 3.68. The summed E-state index contributed by atoms with van der Waals surface area (Å²) in [6.07, 6.45) is 5.55. The predicted molar refractivity (Wildman–Crippen MR) is 85.5 cm³/mol. The maximum Gasteiger partial charge on any atom is 0.227 e. The Hall–Kier alpha value is -0.840. The number of hydrogen-bond donors (Lipinski definition) is 2. The quantitative estimate of drug-likeness (QED) is 0.900. The van der Waals surface area contributed by atoms with E-state index in [1.807, 2.05) is 26.0 Å². The summed E-state index contributed by atoms with van der Waals surface area (Å²) in [6, 6.07) is 3.88. The molecule has 1 saturated heterocycles. The Morgan fingerprint density at radius 3 is 2.80 bits per heavy atom. The number of rotatable bonds is 3. The number of carbonyl (C=O) groups is 1. The molecule has 2 heterocycles. The molecule has 1 aromatic heterocycles. The van der Waals surface area contributed by atoms with Crippen molar-refractivity contribution in [3.05, 3.63) is 30.1 Å². The van der Waals surface area contributed by atoms with Crippen LogP contribution in [0.25, 0.3) is 0 Å². The van der Waals surface area contributed by atoms with Gasteiger partial charge in [0.05, 0.1) is 11.5 Å². The fourth-order valence-corrected chi connectivity index (χ4v) is 2.34. The molecule has 0 radical (unpaired) electrons. The Morgan fingerprint density at radius 1 is 1.50 bits per heavy atom. The van der Waals surface area contributed by atoms with Crippen LogP contribution < -0.4 is 10.6 Å². The zero-order chi connectivity index (χ0) is 13.0. The maximum atomic E-state index is 12.3. The van der Waals surface area contributed by atoms with Crippen LogP contribution in [-0.4, -0.2) is 24.0 Å². The van der Waals surface area contributed by atoms with Crippen LogP contribution >= 0.6 is 24.8 Å². The fourth-order valence-electron chi connectivity index (χ4n) is 2.34. The molecule has 0 spiro atoms. The Morgan fingerprint density at radius 2 is 2.25 bits per heavy atom. The molecule has 1 unspecified atom stereocenters. The number of halogens is 2. The monoisotopic (exact) mass is 319 g/mol. The van der Waals surface area contributed by atoms with Crippen molar-refractivity contribution in [1.29, 1.82) is 0 Å². The predicted octanol–water partition coefficient (Wildman–Crippen LogP) is 2.49. The van der Waals surface area contributed by atoms with Gasteiger partial charge in [-0.05, 0) is 44.9 Å². The number of nitrogens with zero attached hydrogens (tertiary/aromatic N) is 1. The molecule has 1 aromatic rings. The number of nitrogens with one attached hydrogen (secondary N) is 2. The van der Waals surface area contributed by atoms with Crippen LogP contribution in [-0.2, 0) is 4.79 Å². The minimum atomic E-state index is -0.283. The molecule has 6 heteroatoms. The van der Waals surface area contributed by atoms with Crippen molar-refractivity contribution >= 4 is 30.7 Å². The summed E-state index contributed by atoms with van der Waals surface area (Å²) in [7, 11) is 0. The van der Waals surface area contributed by atoms with Gasteiger partial charge in [0.15, 0.2) is 0 Å². The standard InChI is InChI=1S/C14H21N3O.2ClH/c1-11(12-5-3-7-15-9-12)17-13(18)14(2)6-4-8-16-10-14;;/h3,5,7,9,11,16H,4,6,8,10H2,1-2H3,(H,17,18);2*1H/t11-,14?;;/m0../s1. The summed E-state index contributed by atoms with van der Waals surface area (Å²) in [6.45, 7) is 5.80. The van der Waals surface area contributed by atoms with Crippen molar-refractivity contribution in [3.8, 4) is 0 Å². The van der Waals surface area contributed by atoms with E-state index < -0.39 is 0 Å². The molecule has 1 aliphatic heterocycles. The van der Waals surface area contributed by atoms with E-state index >= 15 is 0 Å². The summed E-state index contributed by atoms with van der Waals surface area (Å²) in [5, 5.41) is 6.38. The van der Waals surface area contributed by atoms with Gasteiger partial charge in [-0.3, -0.25) is 9.78 Å². The lowest BCUT2D eigenvalue weighted by atomic mass is 9.81. The molecule has 20 heavy (non-hydrogen) atoms. The zero-order valence-electron chi connectivity index (χ0n) is 11.9. The van der Waals surface area contributed by atoms with E-state index in [1.54, 1.807) is 12.4 Å². The lowest BCUT2D eigenvalue weighted by Gasteiger charge is -2.33. The van der Waals surface area contributed by atoms with Crippen molar-refractivity contribution in [3.63, 3.8) is 0 Å². The van der Waals surface area contributed by atoms with E-state index in [0.717, 1.165) is 31.5 Å². The van der Waals surface area contributed by atoms with Gasteiger partial charge in [-0.25, -0.2) is 0 Å². The van der Waals surface area contributed by atoms with E-state index in [0.29, 0.717) is 0 Å². The first-order chi connectivity index (χ1) is 8.62. The number of hydrogen-bond acceptors (Lipinski definition) is 3. The van der Waals surface area contributed by atoms with Crippen LogP contribution in [0.1, 0.15) is 38.3 Å². The van der Waals surface area contributed by atoms with Crippen molar-refractivity contribution in [2.24, 2.45) is 5.41 Å². The molecule has 2 atom stereocenters. The number of aromatic nitrogens is 1. The number of amides is 1. The van der Waals surface area contributed by atoms with Gasteiger partial charge in [-0.1, -0.05) is 6.07 Å². The number of pyridine rings is 1. The molecule has 1 fully saturated rings. The third-order valence-corrected chi connectivity index (χ3v) is 3.68. The smallest absolute Gasteiger partial charge is 0.227 e. The van der Waals surface area contributed by atoms with Crippen LogP contribution in [0.15, 0.2) is 24.5 Å². The van der Waals surface area contributed by atoms with Gasteiger partial charge in [0.25, 0.3) is 0 Å². The van der Waals surface area contributed by atoms with Gasteiger partial charge in [0.2, 0.25) is 5.91 Å². The van der Waals surface area contributed by atoms with Gasteiger partial charge >= 0.3 is 0 Å². The molecule has 4 nitrogen and oxygen atoms in total. The van der Waals surface area contributed by atoms with Crippen LogP contribution in [0.5, 0.6) is 0 Å². The summed E-state index contributed by atoms with van der Waals surface area (Å²) in [5.41, 5.74) is 0.757. The summed E-state index contributed by atoms with van der Waals surface area (Å²) < 4.78 is 0. The summed E-state index contributed by atoms with van der Waals surface area (Å²) in [5.74, 6) is 0.131. The van der Waals surface area contributed by atoms with Crippen LogP contribution in [0, 0.1) is 5.41 Å². The van der Waals surface area contributed by atoms with E-state index in [9.17, 15) is 4.79 Å². The molecule has 0 saturated carbocycles. The molecule has 0 aromatic carbocycles. The van der Waals surface area contributed by atoms with Gasteiger partial charge < -0.3 is 10.6 Å². The Kier molecular flexibility index (Phi) is 8.09. The lowest BCUT2D eigenvalue weighted by Crippen LogP contribution is -2.49. The van der Waals surface area contributed by atoms with Crippen molar-refractivity contribution in [2.45, 2.75) is 32.7 Å². The van der Waals surface area contributed by atoms with E-state index in [2.05, 4.69) is 15.6 Å². The molecule has 1 amide bonds. The third kappa shape index (κ3) is 4.62. The van der Waals surface area contributed by atoms with Gasteiger partial charge in [-0.15, -0.1) is 24.8 Å². The maximum absolute atomic E-state index is 12.3. The van der Waals surface area contributed by atoms with E-state index in [-0.39, 0.29) is 42.2 Å². The SMILES string of the molecule is C[C@H](NC(=O)C1(C)CCCNC1)c1cccnc1.Cl.Cl. The van der Waals surface area contributed by atoms with Crippen molar-refractivity contribution < 1.29 is 4.79 Å². The Labute approximate surface area is 132 Å². The van der Waals surface area contributed by atoms with E-state index in [1.165, 1.54) is 0 Å².